The lowest BCUT2D eigenvalue weighted by Crippen LogP contribution is -2.45. The molecule has 0 saturated carbocycles. The van der Waals surface area contributed by atoms with Crippen LogP contribution < -0.4 is 5.32 Å². The van der Waals surface area contributed by atoms with Crippen LogP contribution >= 0.6 is 0 Å². The highest BCUT2D eigenvalue weighted by atomic mass is 16.4. The Labute approximate surface area is 122 Å². The molecule has 21 heavy (non-hydrogen) atoms. The highest BCUT2D eigenvalue weighted by molar-refractivity contribution is 5.92. The van der Waals surface area contributed by atoms with Crippen molar-refractivity contribution < 1.29 is 29.4 Å². The summed E-state index contributed by atoms with van der Waals surface area (Å²) in [4.78, 5) is 46.8. The Balaban J connectivity index is 2.61. The van der Waals surface area contributed by atoms with Gasteiger partial charge in [-0.3, -0.25) is 14.4 Å². The number of carboxylic acids is 2. The highest BCUT2D eigenvalue weighted by Crippen LogP contribution is 2.19. The van der Waals surface area contributed by atoms with Crippen LogP contribution in [0.2, 0.25) is 0 Å². The van der Waals surface area contributed by atoms with Crippen LogP contribution in [-0.2, 0) is 19.2 Å². The molecule has 1 heterocycles. The Morgan fingerprint density at radius 2 is 1.95 bits per heavy atom. The highest BCUT2D eigenvalue weighted by Gasteiger charge is 2.36. The average Bonchev–Trinajstić information content (AvgIpc) is 2.68. The molecule has 1 fully saturated rings. The second-order valence-corrected chi connectivity index (χ2v) is 5.59. The topological polar surface area (TPSA) is 124 Å². The minimum atomic E-state index is -1.48. The van der Waals surface area contributed by atoms with Crippen molar-refractivity contribution in [2.24, 2.45) is 11.8 Å². The molecule has 118 valence electrons. The largest absolute Gasteiger partial charge is 0.481 e. The van der Waals surface area contributed by atoms with Gasteiger partial charge in [-0.15, -0.1) is 0 Å². The lowest BCUT2D eigenvalue weighted by molar-refractivity contribution is -0.147. The molecular formula is C13H20N2O6. The summed E-state index contributed by atoms with van der Waals surface area (Å²) in [5.41, 5.74) is 0. The lowest BCUT2D eigenvalue weighted by atomic mass is 10.1. The Bertz CT molecular complexity index is 448. The van der Waals surface area contributed by atoms with Gasteiger partial charge in [0.2, 0.25) is 11.8 Å². The fourth-order valence-corrected chi connectivity index (χ4v) is 2.23. The number of hydrogen-bond donors (Lipinski definition) is 3. The van der Waals surface area contributed by atoms with E-state index in [4.69, 9.17) is 10.2 Å². The summed E-state index contributed by atoms with van der Waals surface area (Å²) in [6.07, 6.45) is -0.671. The summed E-state index contributed by atoms with van der Waals surface area (Å²) in [6, 6.07) is -1.48. The molecule has 1 aliphatic rings. The van der Waals surface area contributed by atoms with Gasteiger partial charge in [-0.1, -0.05) is 13.8 Å². The number of amides is 2. The molecule has 0 bridgehead atoms. The first-order valence-electron chi connectivity index (χ1n) is 6.73. The van der Waals surface area contributed by atoms with E-state index in [0.717, 1.165) is 0 Å². The maximum atomic E-state index is 12.0. The first-order valence-corrected chi connectivity index (χ1v) is 6.73. The average molecular weight is 300 g/mol. The zero-order valence-electron chi connectivity index (χ0n) is 12.0. The van der Waals surface area contributed by atoms with Gasteiger partial charge >= 0.3 is 11.9 Å². The van der Waals surface area contributed by atoms with Crippen LogP contribution in [0.1, 0.15) is 26.7 Å². The molecule has 2 amide bonds. The van der Waals surface area contributed by atoms with E-state index < -0.39 is 36.2 Å². The van der Waals surface area contributed by atoms with Gasteiger partial charge in [-0.2, -0.15) is 0 Å². The monoisotopic (exact) mass is 300 g/mol. The van der Waals surface area contributed by atoms with E-state index in [1.165, 1.54) is 0 Å². The van der Waals surface area contributed by atoms with Crippen molar-refractivity contribution in [1.29, 1.82) is 0 Å². The Morgan fingerprint density at radius 1 is 1.33 bits per heavy atom. The van der Waals surface area contributed by atoms with Crippen molar-refractivity contribution in [3.05, 3.63) is 0 Å². The fraction of sp³-hybridized carbons (Fsp3) is 0.692. The third kappa shape index (κ3) is 5.05. The molecule has 0 aliphatic carbocycles. The second kappa shape index (κ2) is 7.05. The summed E-state index contributed by atoms with van der Waals surface area (Å²) in [7, 11) is 0. The van der Waals surface area contributed by atoms with E-state index in [-0.39, 0.29) is 24.8 Å². The molecule has 3 N–H and O–H groups in total. The van der Waals surface area contributed by atoms with Crippen LogP contribution in [0.25, 0.3) is 0 Å². The van der Waals surface area contributed by atoms with E-state index in [1.54, 1.807) is 4.90 Å². The zero-order chi connectivity index (χ0) is 16.2. The van der Waals surface area contributed by atoms with Gasteiger partial charge in [-0.25, -0.2) is 4.79 Å². The minimum absolute atomic E-state index is 0.0258. The van der Waals surface area contributed by atoms with Gasteiger partial charge in [0.05, 0.1) is 12.3 Å². The second-order valence-electron chi connectivity index (χ2n) is 5.59. The molecule has 1 saturated heterocycles. The number of carbonyl (C=O) groups excluding carboxylic acids is 2. The maximum absolute atomic E-state index is 12.0. The predicted molar refractivity (Wildman–Crippen MR) is 71.3 cm³/mol. The lowest BCUT2D eigenvalue weighted by Gasteiger charge is -2.19. The van der Waals surface area contributed by atoms with Gasteiger partial charge in [0, 0.05) is 19.5 Å². The number of rotatable bonds is 7. The zero-order valence-corrected chi connectivity index (χ0v) is 12.0. The number of nitrogens with one attached hydrogen (secondary N) is 1. The van der Waals surface area contributed by atoms with Crippen LogP contribution in [-0.4, -0.2) is 58.0 Å². The third-order valence-electron chi connectivity index (χ3n) is 3.16. The third-order valence-corrected chi connectivity index (χ3v) is 3.16. The number of nitrogens with zero attached hydrogens (tertiary/aromatic N) is 1. The van der Waals surface area contributed by atoms with Gasteiger partial charge in [0.15, 0.2) is 0 Å². The number of likely N-dealkylation sites (tertiary alicyclic amines) is 1. The van der Waals surface area contributed by atoms with Crippen molar-refractivity contribution in [1.82, 2.24) is 10.2 Å². The number of carbonyl (C=O) groups is 4. The standard InChI is InChI=1S/C13H20N2O6/c1-7(2)5-15-6-8(3-10(15)16)12(19)14-9(13(20)21)4-11(17)18/h7-9H,3-6H2,1-2H3,(H,14,19)(H,17,18)(H,20,21). The number of carboxylic acid groups (broad SMARTS) is 2. The van der Waals surface area contributed by atoms with E-state index >= 15 is 0 Å². The van der Waals surface area contributed by atoms with Crippen molar-refractivity contribution in [2.45, 2.75) is 32.7 Å². The molecule has 0 aromatic rings. The SMILES string of the molecule is CC(C)CN1CC(C(=O)NC(CC(=O)O)C(=O)O)CC1=O. The number of aliphatic carboxylic acids is 2. The first-order chi connectivity index (χ1) is 9.70. The quantitative estimate of drug-likeness (QED) is 0.584. The summed E-state index contributed by atoms with van der Waals surface area (Å²) in [5, 5.41) is 19.7. The molecular weight excluding hydrogens is 280 g/mol. The molecule has 1 rings (SSSR count). The van der Waals surface area contributed by atoms with Crippen LogP contribution in [0, 0.1) is 11.8 Å². The van der Waals surface area contributed by atoms with Crippen molar-refractivity contribution >= 4 is 23.8 Å². The van der Waals surface area contributed by atoms with Crippen LogP contribution in [0.5, 0.6) is 0 Å². The normalized spacial score (nSPS) is 19.7. The van der Waals surface area contributed by atoms with Crippen molar-refractivity contribution in [2.75, 3.05) is 13.1 Å². The van der Waals surface area contributed by atoms with Crippen LogP contribution in [0.4, 0.5) is 0 Å². The summed E-state index contributed by atoms with van der Waals surface area (Å²) < 4.78 is 0. The molecule has 0 spiro atoms. The molecule has 8 nitrogen and oxygen atoms in total. The number of hydrogen-bond acceptors (Lipinski definition) is 4. The van der Waals surface area contributed by atoms with E-state index in [0.29, 0.717) is 6.54 Å². The molecule has 1 aliphatic heterocycles. The Morgan fingerprint density at radius 3 is 2.43 bits per heavy atom. The summed E-state index contributed by atoms with van der Waals surface area (Å²) >= 11 is 0. The molecule has 2 atom stereocenters. The molecule has 0 aromatic carbocycles. The summed E-state index contributed by atoms with van der Waals surface area (Å²) in [6.45, 7) is 4.68. The van der Waals surface area contributed by atoms with Gasteiger partial charge in [0.1, 0.15) is 6.04 Å². The van der Waals surface area contributed by atoms with Gasteiger partial charge < -0.3 is 20.4 Å². The first kappa shape index (κ1) is 16.9. The van der Waals surface area contributed by atoms with E-state index in [9.17, 15) is 19.2 Å². The van der Waals surface area contributed by atoms with Crippen LogP contribution in [0.15, 0.2) is 0 Å². The van der Waals surface area contributed by atoms with E-state index in [1.807, 2.05) is 13.8 Å². The predicted octanol–water partition coefficient (Wildman–Crippen LogP) is -0.465. The molecule has 0 radical (unpaired) electrons. The Kier molecular flexibility index (Phi) is 5.69. The van der Waals surface area contributed by atoms with Gasteiger partial charge in [-0.05, 0) is 5.92 Å². The van der Waals surface area contributed by atoms with Gasteiger partial charge in [0.25, 0.3) is 0 Å². The molecule has 0 aromatic heterocycles. The van der Waals surface area contributed by atoms with Crippen molar-refractivity contribution in [3.63, 3.8) is 0 Å². The Hall–Kier alpha value is -2.12. The van der Waals surface area contributed by atoms with E-state index in [2.05, 4.69) is 5.32 Å². The maximum Gasteiger partial charge on any atom is 0.326 e. The summed E-state index contributed by atoms with van der Waals surface area (Å²) in [5.74, 6) is -3.82. The fourth-order valence-electron chi connectivity index (χ4n) is 2.23. The molecule has 8 heteroatoms. The van der Waals surface area contributed by atoms with Crippen LogP contribution in [0.3, 0.4) is 0 Å². The van der Waals surface area contributed by atoms with Crippen molar-refractivity contribution in [3.8, 4) is 0 Å². The molecule has 2 unspecified atom stereocenters. The smallest absolute Gasteiger partial charge is 0.326 e. The minimum Gasteiger partial charge on any atom is -0.481 e.